The number of carbonyl (C=O) groups is 1. The number of amides is 1. The molecule has 3 N–H and O–H groups in total. The summed E-state index contributed by atoms with van der Waals surface area (Å²) < 4.78 is 24.3. The quantitative estimate of drug-likeness (QED) is 0.165. The average molecular weight is 536 g/mol. The normalized spacial score (nSPS) is 16.1. The molecule has 1 amide bonds. The molecule has 1 aromatic rings. The molecule has 1 unspecified atom stereocenters. The maximum absolute atomic E-state index is 13.2. The molecule has 1 atom stereocenters. The van der Waals surface area contributed by atoms with E-state index in [-0.39, 0.29) is 48.2 Å². The Morgan fingerprint density at radius 3 is 2.87 bits per heavy atom. The third-order valence-electron chi connectivity index (χ3n) is 4.38. The van der Waals surface area contributed by atoms with Gasteiger partial charge in [-0.15, -0.1) is 24.0 Å². The van der Waals surface area contributed by atoms with Crippen molar-refractivity contribution in [2.45, 2.75) is 38.7 Å². The lowest BCUT2D eigenvalue weighted by molar-refractivity contribution is -0.120. The van der Waals surface area contributed by atoms with Gasteiger partial charge in [0.05, 0.1) is 19.1 Å². The molecule has 0 aromatic heterocycles. The molecule has 0 saturated carbocycles. The monoisotopic (exact) mass is 536 g/mol. The summed E-state index contributed by atoms with van der Waals surface area (Å²) >= 11 is 0. The van der Waals surface area contributed by atoms with E-state index in [0.29, 0.717) is 44.4 Å². The third kappa shape index (κ3) is 11.7. The van der Waals surface area contributed by atoms with Gasteiger partial charge < -0.3 is 25.4 Å². The Labute approximate surface area is 195 Å². The molecule has 0 spiro atoms. The van der Waals surface area contributed by atoms with Crippen molar-refractivity contribution in [3.05, 3.63) is 35.6 Å². The summed E-state index contributed by atoms with van der Waals surface area (Å²) in [5.41, 5.74) is 0.659. The van der Waals surface area contributed by atoms with E-state index in [1.807, 2.05) is 6.92 Å². The highest BCUT2D eigenvalue weighted by atomic mass is 127. The highest BCUT2D eigenvalue weighted by molar-refractivity contribution is 14.0. The molecular formula is C21H34FIN4O3. The minimum Gasteiger partial charge on any atom is -0.379 e. The zero-order valence-electron chi connectivity index (χ0n) is 17.6. The number of aliphatic imine (C=N–C) groups is 1. The Balaban J connectivity index is 0.00000450. The van der Waals surface area contributed by atoms with Gasteiger partial charge in [0.25, 0.3) is 0 Å². The summed E-state index contributed by atoms with van der Waals surface area (Å²) in [6.07, 6.45) is 3.48. The SMILES string of the molecule is CCNC(=NCCCOCC1CCCO1)NCCNC(=O)Cc1cccc(F)c1.I. The van der Waals surface area contributed by atoms with Gasteiger partial charge in [0.1, 0.15) is 5.82 Å². The highest BCUT2D eigenvalue weighted by Crippen LogP contribution is 2.11. The first-order valence-electron chi connectivity index (χ1n) is 10.4. The molecule has 1 heterocycles. The molecule has 9 heteroatoms. The first-order valence-corrected chi connectivity index (χ1v) is 10.4. The van der Waals surface area contributed by atoms with Gasteiger partial charge in [-0.2, -0.15) is 0 Å². The molecule has 0 bridgehead atoms. The van der Waals surface area contributed by atoms with Gasteiger partial charge in [-0.1, -0.05) is 12.1 Å². The van der Waals surface area contributed by atoms with Crippen molar-refractivity contribution in [1.29, 1.82) is 0 Å². The van der Waals surface area contributed by atoms with Crippen LogP contribution in [0.2, 0.25) is 0 Å². The number of nitrogens with one attached hydrogen (secondary N) is 3. The van der Waals surface area contributed by atoms with E-state index < -0.39 is 0 Å². The van der Waals surface area contributed by atoms with Gasteiger partial charge in [0.2, 0.25) is 5.91 Å². The van der Waals surface area contributed by atoms with Crippen molar-refractivity contribution < 1.29 is 18.7 Å². The molecule has 170 valence electrons. The number of guanidine groups is 1. The van der Waals surface area contributed by atoms with Crippen molar-refractivity contribution in [2.75, 3.05) is 46.0 Å². The largest absolute Gasteiger partial charge is 0.379 e. The number of rotatable bonds is 12. The minimum atomic E-state index is -0.333. The molecule has 1 aliphatic heterocycles. The molecular weight excluding hydrogens is 502 g/mol. The van der Waals surface area contributed by atoms with Crippen LogP contribution in [0, 0.1) is 5.82 Å². The van der Waals surface area contributed by atoms with E-state index in [4.69, 9.17) is 9.47 Å². The van der Waals surface area contributed by atoms with Crippen LogP contribution in [-0.4, -0.2) is 64.0 Å². The first-order chi connectivity index (χ1) is 14.2. The Kier molecular flexibility index (Phi) is 14.4. The summed E-state index contributed by atoms with van der Waals surface area (Å²) in [5.74, 6) is 0.245. The lowest BCUT2D eigenvalue weighted by atomic mass is 10.1. The van der Waals surface area contributed by atoms with Gasteiger partial charge >= 0.3 is 0 Å². The van der Waals surface area contributed by atoms with Crippen LogP contribution in [0.3, 0.4) is 0 Å². The van der Waals surface area contributed by atoms with Crippen molar-refractivity contribution in [2.24, 2.45) is 4.99 Å². The summed E-state index contributed by atoms with van der Waals surface area (Å²) in [7, 11) is 0. The molecule has 30 heavy (non-hydrogen) atoms. The standard InChI is InChI=1S/C21H33FN4O3.HI/c1-2-23-21(25-9-5-12-28-16-19-8-4-13-29-19)26-11-10-24-20(27)15-17-6-3-7-18(22)14-17;/h3,6-7,14,19H,2,4-5,8-13,15-16H2,1H3,(H,24,27)(H2,23,25,26);1H. The predicted octanol–water partition coefficient (Wildman–Crippen LogP) is 2.24. The van der Waals surface area contributed by atoms with Crippen LogP contribution in [0.15, 0.2) is 29.3 Å². The highest BCUT2D eigenvalue weighted by Gasteiger charge is 2.14. The molecule has 0 radical (unpaired) electrons. The second-order valence-electron chi connectivity index (χ2n) is 6.91. The zero-order valence-corrected chi connectivity index (χ0v) is 20.0. The number of ether oxygens (including phenoxy) is 2. The van der Waals surface area contributed by atoms with E-state index in [2.05, 4.69) is 20.9 Å². The molecule has 0 aliphatic carbocycles. The van der Waals surface area contributed by atoms with Crippen LogP contribution < -0.4 is 16.0 Å². The summed E-state index contributed by atoms with van der Waals surface area (Å²) in [6, 6.07) is 6.08. The van der Waals surface area contributed by atoms with Crippen LogP contribution >= 0.6 is 24.0 Å². The number of benzene rings is 1. The Bertz CT molecular complexity index is 642. The Hall–Kier alpha value is -1.46. The van der Waals surface area contributed by atoms with Gasteiger partial charge in [0.15, 0.2) is 5.96 Å². The molecule has 7 nitrogen and oxygen atoms in total. The molecule has 2 rings (SSSR count). The summed E-state index contributed by atoms with van der Waals surface area (Å²) in [5, 5.41) is 9.18. The maximum atomic E-state index is 13.2. The number of hydrogen-bond acceptors (Lipinski definition) is 4. The predicted molar refractivity (Wildman–Crippen MR) is 127 cm³/mol. The molecule has 1 aromatic carbocycles. The Morgan fingerprint density at radius 1 is 1.30 bits per heavy atom. The minimum absolute atomic E-state index is 0. The van der Waals surface area contributed by atoms with Crippen LogP contribution in [0.1, 0.15) is 31.7 Å². The average Bonchev–Trinajstić information content (AvgIpc) is 3.21. The zero-order chi connectivity index (χ0) is 20.7. The van der Waals surface area contributed by atoms with Gasteiger partial charge in [-0.25, -0.2) is 4.39 Å². The van der Waals surface area contributed by atoms with Crippen LogP contribution in [-0.2, 0) is 20.7 Å². The fourth-order valence-corrected chi connectivity index (χ4v) is 2.97. The maximum Gasteiger partial charge on any atom is 0.224 e. The third-order valence-corrected chi connectivity index (χ3v) is 4.38. The van der Waals surface area contributed by atoms with Crippen LogP contribution in [0.25, 0.3) is 0 Å². The second kappa shape index (κ2) is 16.3. The van der Waals surface area contributed by atoms with Gasteiger partial charge in [-0.3, -0.25) is 9.79 Å². The van der Waals surface area contributed by atoms with E-state index in [9.17, 15) is 9.18 Å². The fourth-order valence-electron chi connectivity index (χ4n) is 2.97. The van der Waals surface area contributed by atoms with Crippen molar-refractivity contribution in [1.82, 2.24) is 16.0 Å². The van der Waals surface area contributed by atoms with Crippen LogP contribution in [0.5, 0.6) is 0 Å². The van der Waals surface area contributed by atoms with Crippen molar-refractivity contribution in [3.63, 3.8) is 0 Å². The topological polar surface area (TPSA) is 84.0 Å². The second-order valence-corrected chi connectivity index (χ2v) is 6.91. The molecule has 1 fully saturated rings. The fraction of sp³-hybridized carbons (Fsp3) is 0.619. The lowest BCUT2D eigenvalue weighted by Crippen LogP contribution is -2.41. The van der Waals surface area contributed by atoms with Crippen molar-refractivity contribution >= 4 is 35.8 Å². The van der Waals surface area contributed by atoms with Gasteiger partial charge in [0, 0.05) is 39.4 Å². The van der Waals surface area contributed by atoms with Gasteiger partial charge in [-0.05, 0) is 43.9 Å². The number of hydrogen-bond donors (Lipinski definition) is 3. The molecule has 1 aliphatic rings. The van der Waals surface area contributed by atoms with E-state index >= 15 is 0 Å². The number of carbonyl (C=O) groups excluding carboxylic acids is 1. The number of nitrogens with zero attached hydrogens (tertiary/aromatic N) is 1. The number of halogens is 2. The molecule has 1 saturated heterocycles. The lowest BCUT2D eigenvalue weighted by Gasteiger charge is -2.12. The Morgan fingerprint density at radius 2 is 2.13 bits per heavy atom. The van der Waals surface area contributed by atoms with Crippen molar-refractivity contribution in [3.8, 4) is 0 Å². The summed E-state index contributed by atoms with van der Waals surface area (Å²) in [6.45, 7) is 6.61. The van der Waals surface area contributed by atoms with E-state index in [1.165, 1.54) is 12.1 Å². The van der Waals surface area contributed by atoms with E-state index in [0.717, 1.165) is 32.4 Å². The smallest absolute Gasteiger partial charge is 0.224 e. The summed E-state index contributed by atoms with van der Waals surface area (Å²) in [4.78, 5) is 16.4. The van der Waals surface area contributed by atoms with E-state index in [1.54, 1.807) is 12.1 Å². The van der Waals surface area contributed by atoms with Crippen LogP contribution in [0.4, 0.5) is 4.39 Å². The first kappa shape index (κ1) is 26.6.